The number of carbonyl (C=O) groups is 1. The summed E-state index contributed by atoms with van der Waals surface area (Å²) >= 11 is 5.80. The van der Waals surface area contributed by atoms with E-state index in [4.69, 9.17) is 15.8 Å². The molecule has 0 aliphatic rings. The third-order valence-electron chi connectivity index (χ3n) is 2.90. The highest BCUT2D eigenvalue weighted by Crippen LogP contribution is 2.21. The Balaban J connectivity index is 2.10. The van der Waals surface area contributed by atoms with E-state index in [1.165, 1.54) is 24.3 Å². The Morgan fingerprint density at radius 3 is 2.29 bits per heavy atom. The van der Waals surface area contributed by atoms with Gasteiger partial charge in [0.1, 0.15) is 5.75 Å². The van der Waals surface area contributed by atoms with Crippen molar-refractivity contribution in [1.82, 2.24) is 0 Å². The molecule has 6 heteroatoms. The molecule has 0 radical (unpaired) electrons. The maximum atomic E-state index is 11.9. The molecule has 0 unspecified atom stereocenters. The summed E-state index contributed by atoms with van der Waals surface area (Å²) in [5, 5.41) is 0.626. The van der Waals surface area contributed by atoms with Gasteiger partial charge < -0.3 is 4.18 Å². The third-order valence-corrected chi connectivity index (χ3v) is 3.63. The molecular formula is C18H15ClO4S. The number of allylic oxidation sites excluding steroid dienone is 2. The molecule has 0 spiro atoms. The molecule has 4 nitrogen and oxygen atoms in total. The van der Waals surface area contributed by atoms with Crippen LogP contribution in [0.4, 0.5) is 0 Å². The van der Waals surface area contributed by atoms with E-state index in [9.17, 15) is 13.2 Å². The summed E-state index contributed by atoms with van der Waals surface area (Å²) in [6.07, 6.45) is 6.90. The van der Waals surface area contributed by atoms with Gasteiger partial charge in [-0.05, 0) is 42.0 Å². The van der Waals surface area contributed by atoms with Crippen LogP contribution in [-0.4, -0.2) is 20.5 Å². The molecule has 0 saturated carbocycles. The van der Waals surface area contributed by atoms with E-state index in [1.807, 2.05) is 0 Å². The van der Waals surface area contributed by atoms with Gasteiger partial charge in [-0.3, -0.25) is 4.79 Å². The van der Waals surface area contributed by atoms with Gasteiger partial charge in [-0.2, -0.15) is 8.42 Å². The Morgan fingerprint density at radius 1 is 1.00 bits per heavy atom. The lowest BCUT2D eigenvalue weighted by molar-refractivity contribution is -0.110. The van der Waals surface area contributed by atoms with E-state index < -0.39 is 10.1 Å². The van der Waals surface area contributed by atoms with Crippen molar-refractivity contribution in [3.63, 3.8) is 0 Å². The van der Waals surface area contributed by atoms with Gasteiger partial charge in [0.2, 0.25) is 0 Å². The molecule has 0 fully saturated rings. The number of para-hydroxylation sites is 1. The topological polar surface area (TPSA) is 60.4 Å². The lowest BCUT2D eigenvalue weighted by Gasteiger charge is -2.05. The zero-order valence-corrected chi connectivity index (χ0v) is 14.4. The maximum absolute atomic E-state index is 11.9. The minimum atomic E-state index is -3.63. The van der Waals surface area contributed by atoms with Crippen LogP contribution in [0, 0.1) is 0 Å². The van der Waals surface area contributed by atoms with Crippen molar-refractivity contribution in [3.05, 3.63) is 76.8 Å². The average molecular weight is 363 g/mol. The smallest absolute Gasteiger partial charge is 0.306 e. The van der Waals surface area contributed by atoms with E-state index >= 15 is 0 Å². The molecule has 24 heavy (non-hydrogen) atoms. The van der Waals surface area contributed by atoms with Gasteiger partial charge in [0.05, 0.1) is 6.26 Å². The largest absolute Gasteiger partial charge is 0.382 e. The molecule has 0 amide bonds. The summed E-state index contributed by atoms with van der Waals surface area (Å²) < 4.78 is 27.4. The lowest BCUT2D eigenvalue weighted by Crippen LogP contribution is -2.06. The minimum absolute atomic E-state index is 0.172. The molecule has 2 rings (SSSR count). The first-order valence-corrected chi connectivity index (χ1v) is 9.17. The molecule has 0 aromatic heterocycles. The van der Waals surface area contributed by atoms with Crippen LogP contribution in [0.15, 0.2) is 60.7 Å². The second-order valence-electron chi connectivity index (χ2n) is 4.95. The van der Waals surface area contributed by atoms with Crippen LogP contribution in [0.5, 0.6) is 5.75 Å². The number of hydrogen-bond acceptors (Lipinski definition) is 4. The normalized spacial score (nSPS) is 11.9. The third kappa shape index (κ3) is 6.02. The SMILES string of the molecule is CS(=O)(=O)Oc1ccccc1/C=C/C(=O)/C=C/c1ccc(Cl)cc1. The van der Waals surface area contributed by atoms with Gasteiger partial charge in [-0.1, -0.05) is 48.0 Å². The van der Waals surface area contributed by atoms with E-state index in [2.05, 4.69) is 0 Å². The maximum Gasteiger partial charge on any atom is 0.306 e. The van der Waals surface area contributed by atoms with Crippen molar-refractivity contribution in [1.29, 1.82) is 0 Å². The zero-order chi connectivity index (χ0) is 17.6. The Hall–Kier alpha value is -2.37. The first-order chi connectivity index (χ1) is 11.3. The van der Waals surface area contributed by atoms with Gasteiger partial charge in [0.15, 0.2) is 5.78 Å². The van der Waals surface area contributed by atoms with Gasteiger partial charge in [0, 0.05) is 10.6 Å². The molecule has 2 aromatic carbocycles. The van der Waals surface area contributed by atoms with Crippen molar-refractivity contribution in [2.75, 3.05) is 6.26 Å². The summed E-state index contributed by atoms with van der Waals surface area (Å²) in [4.78, 5) is 11.9. The molecule has 0 N–H and O–H groups in total. The van der Waals surface area contributed by atoms with Gasteiger partial charge in [-0.15, -0.1) is 0 Å². The standard InChI is InChI=1S/C18H15ClO4S/c1-24(21,22)23-18-5-3-2-4-15(18)9-13-17(20)12-8-14-6-10-16(19)11-7-14/h2-13H,1H3/b12-8+,13-9+. The van der Waals surface area contributed by atoms with Crippen LogP contribution in [0.25, 0.3) is 12.2 Å². The molecule has 124 valence electrons. The Bertz CT molecular complexity index is 881. The number of carbonyl (C=O) groups excluding carboxylic acids is 1. The highest BCUT2D eigenvalue weighted by Gasteiger charge is 2.07. The van der Waals surface area contributed by atoms with Gasteiger partial charge >= 0.3 is 10.1 Å². The lowest BCUT2D eigenvalue weighted by atomic mass is 10.1. The van der Waals surface area contributed by atoms with Crippen LogP contribution in [0.2, 0.25) is 5.02 Å². The van der Waals surface area contributed by atoms with Crippen molar-refractivity contribution in [3.8, 4) is 5.75 Å². The number of benzene rings is 2. The fraction of sp³-hybridized carbons (Fsp3) is 0.0556. The van der Waals surface area contributed by atoms with Crippen LogP contribution in [0.3, 0.4) is 0 Å². The fourth-order valence-electron chi connectivity index (χ4n) is 1.84. The first kappa shape index (κ1) is 18.0. The van der Waals surface area contributed by atoms with E-state index in [0.717, 1.165) is 11.8 Å². The summed E-state index contributed by atoms with van der Waals surface area (Å²) in [7, 11) is -3.63. The van der Waals surface area contributed by atoms with Gasteiger partial charge in [-0.25, -0.2) is 0 Å². The molecule has 0 saturated heterocycles. The van der Waals surface area contributed by atoms with E-state index in [-0.39, 0.29) is 11.5 Å². The fourth-order valence-corrected chi connectivity index (χ4v) is 2.44. The molecule has 0 aliphatic carbocycles. The van der Waals surface area contributed by atoms with Crippen molar-refractivity contribution >= 4 is 39.7 Å². The molecule has 2 aromatic rings. The Labute approximate surface area is 146 Å². The van der Waals surface area contributed by atoms with E-state index in [1.54, 1.807) is 48.5 Å². The second-order valence-corrected chi connectivity index (χ2v) is 6.96. The number of ketones is 1. The Kier molecular flexibility index (Phi) is 5.95. The summed E-state index contributed by atoms with van der Waals surface area (Å²) in [5.41, 5.74) is 1.35. The first-order valence-electron chi connectivity index (χ1n) is 6.98. The average Bonchev–Trinajstić information content (AvgIpc) is 2.52. The summed E-state index contributed by atoms with van der Waals surface area (Å²) in [6, 6.07) is 13.6. The van der Waals surface area contributed by atoms with Crippen LogP contribution >= 0.6 is 11.6 Å². The number of halogens is 1. The summed E-state index contributed by atoms with van der Waals surface area (Å²) in [6.45, 7) is 0. The van der Waals surface area contributed by atoms with Crippen molar-refractivity contribution in [2.45, 2.75) is 0 Å². The highest BCUT2D eigenvalue weighted by molar-refractivity contribution is 7.86. The van der Waals surface area contributed by atoms with Crippen LogP contribution < -0.4 is 4.18 Å². The molecule has 0 heterocycles. The molecular weight excluding hydrogens is 348 g/mol. The van der Waals surface area contributed by atoms with Crippen LogP contribution in [0.1, 0.15) is 11.1 Å². The second kappa shape index (κ2) is 7.95. The molecule has 0 aliphatic heterocycles. The molecule has 0 bridgehead atoms. The Morgan fingerprint density at radius 2 is 1.62 bits per heavy atom. The van der Waals surface area contributed by atoms with Crippen LogP contribution in [-0.2, 0) is 14.9 Å². The molecule has 0 atom stereocenters. The van der Waals surface area contributed by atoms with Crippen molar-refractivity contribution < 1.29 is 17.4 Å². The number of rotatable bonds is 6. The zero-order valence-electron chi connectivity index (χ0n) is 12.8. The minimum Gasteiger partial charge on any atom is -0.382 e. The summed E-state index contributed by atoms with van der Waals surface area (Å²) in [5.74, 6) is -0.0650. The monoisotopic (exact) mass is 362 g/mol. The van der Waals surface area contributed by atoms with E-state index in [0.29, 0.717) is 10.6 Å². The van der Waals surface area contributed by atoms with Gasteiger partial charge in [0.25, 0.3) is 0 Å². The van der Waals surface area contributed by atoms with Crippen molar-refractivity contribution in [2.24, 2.45) is 0 Å². The number of hydrogen-bond donors (Lipinski definition) is 0. The highest BCUT2D eigenvalue weighted by atomic mass is 35.5. The predicted molar refractivity (Wildman–Crippen MR) is 96.4 cm³/mol. The predicted octanol–water partition coefficient (Wildman–Crippen LogP) is 3.97. The quantitative estimate of drug-likeness (QED) is 0.576.